The fraction of sp³-hybridized carbons (Fsp3) is 0.385. The molecule has 0 saturated carbocycles. The van der Waals surface area contributed by atoms with E-state index in [1.165, 1.54) is 5.56 Å². The van der Waals surface area contributed by atoms with Crippen LogP contribution in [-0.2, 0) is 4.74 Å². The Hall–Kier alpha value is -2.61. The first-order valence-electron chi connectivity index (χ1n) is 11.6. The summed E-state index contributed by atoms with van der Waals surface area (Å²) in [4.78, 5) is 6.95. The summed E-state index contributed by atoms with van der Waals surface area (Å²) in [5.74, 6) is 0.773. The highest BCUT2D eigenvalue weighted by Gasteiger charge is 2.42. The molecule has 3 aromatic rings. The molecule has 8 heteroatoms. The number of thiocarbonyl (C=S) groups is 1. The number of rotatable bonds is 6. The number of benzene rings is 1. The lowest BCUT2D eigenvalue weighted by Crippen LogP contribution is -2.36. The summed E-state index contributed by atoms with van der Waals surface area (Å²) >= 11 is 12.2. The Kier molecular flexibility index (Phi) is 6.51. The molecule has 1 aromatic carbocycles. The van der Waals surface area contributed by atoms with Crippen LogP contribution in [0.3, 0.4) is 0 Å². The van der Waals surface area contributed by atoms with Crippen molar-refractivity contribution in [2.75, 3.05) is 20.3 Å². The van der Waals surface area contributed by atoms with Gasteiger partial charge in [-0.3, -0.25) is 4.98 Å². The van der Waals surface area contributed by atoms with Crippen LogP contribution in [0.4, 0.5) is 0 Å². The highest BCUT2D eigenvalue weighted by Crippen LogP contribution is 2.42. The smallest absolute Gasteiger partial charge is 0.170 e. The van der Waals surface area contributed by atoms with Gasteiger partial charge in [-0.15, -0.1) is 0 Å². The molecular formula is C26H29ClN4O2S. The van der Waals surface area contributed by atoms with E-state index in [0.29, 0.717) is 5.02 Å². The maximum absolute atomic E-state index is 6.38. The summed E-state index contributed by atoms with van der Waals surface area (Å²) in [7, 11) is 1.68. The van der Waals surface area contributed by atoms with Crippen molar-refractivity contribution in [2.24, 2.45) is 0 Å². The second-order valence-corrected chi connectivity index (χ2v) is 9.72. The van der Waals surface area contributed by atoms with Crippen molar-refractivity contribution in [3.05, 3.63) is 76.3 Å². The van der Waals surface area contributed by atoms with Gasteiger partial charge < -0.3 is 24.3 Å². The lowest BCUT2D eigenvalue weighted by atomic mass is 9.96. The fourth-order valence-corrected chi connectivity index (χ4v) is 5.73. The molecule has 2 aliphatic heterocycles. The van der Waals surface area contributed by atoms with Gasteiger partial charge in [-0.1, -0.05) is 17.7 Å². The van der Waals surface area contributed by atoms with Crippen molar-refractivity contribution in [3.63, 3.8) is 0 Å². The summed E-state index contributed by atoms with van der Waals surface area (Å²) in [6.07, 6.45) is 4.16. The number of hydrogen-bond acceptors (Lipinski definition) is 4. The lowest BCUT2D eigenvalue weighted by molar-refractivity contribution is 0.0842. The zero-order chi connectivity index (χ0) is 23.8. The van der Waals surface area contributed by atoms with Crippen molar-refractivity contribution < 1.29 is 9.47 Å². The topological polar surface area (TPSA) is 51.5 Å². The van der Waals surface area contributed by atoms with E-state index < -0.39 is 0 Å². The van der Waals surface area contributed by atoms with Crippen LogP contribution in [0, 0.1) is 13.8 Å². The Morgan fingerprint density at radius 2 is 2.09 bits per heavy atom. The monoisotopic (exact) mass is 496 g/mol. The number of methoxy groups -OCH3 is 1. The summed E-state index contributed by atoms with van der Waals surface area (Å²) < 4.78 is 13.9. The van der Waals surface area contributed by atoms with Crippen LogP contribution in [0.25, 0.3) is 5.69 Å². The average Bonchev–Trinajstić information content (AvgIpc) is 3.53. The zero-order valence-corrected chi connectivity index (χ0v) is 21.2. The number of nitrogens with one attached hydrogen (secondary N) is 1. The minimum Gasteiger partial charge on any atom is -0.495 e. The molecule has 3 atom stereocenters. The van der Waals surface area contributed by atoms with Crippen LogP contribution < -0.4 is 10.1 Å². The molecule has 2 fully saturated rings. The number of nitrogens with zero attached hydrogens (tertiary/aromatic N) is 3. The molecule has 2 aliphatic rings. The number of aryl methyl sites for hydroxylation is 1. The molecule has 2 saturated heterocycles. The lowest BCUT2D eigenvalue weighted by Gasteiger charge is -2.30. The summed E-state index contributed by atoms with van der Waals surface area (Å²) in [5, 5.41) is 4.96. The van der Waals surface area contributed by atoms with Gasteiger partial charge in [0.25, 0.3) is 0 Å². The van der Waals surface area contributed by atoms with Crippen LogP contribution in [0.5, 0.6) is 5.75 Å². The Morgan fingerprint density at radius 1 is 1.24 bits per heavy atom. The molecule has 34 heavy (non-hydrogen) atoms. The predicted molar refractivity (Wildman–Crippen MR) is 138 cm³/mol. The van der Waals surface area contributed by atoms with E-state index in [2.05, 4.69) is 45.7 Å². The molecular weight excluding hydrogens is 468 g/mol. The summed E-state index contributed by atoms with van der Waals surface area (Å²) in [5.41, 5.74) is 5.30. The predicted octanol–water partition coefficient (Wildman–Crippen LogP) is 5.30. The van der Waals surface area contributed by atoms with Crippen LogP contribution in [0.15, 0.2) is 48.7 Å². The first-order chi connectivity index (χ1) is 16.5. The molecule has 0 aliphatic carbocycles. The van der Waals surface area contributed by atoms with Gasteiger partial charge in [0.2, 0.25) is 0 Å². The van der Waals surface area contributed by atoms with Crippen molar-refractivity contribution >= 4 is 28.9 Å². The Balaban J connectivity index is 1.62. The Bertz CT molecular complexity index is 1190. The Morgan fingerprint density at radius 3 is 2.79 bits per heavy atom. The number of ether oxygens (including phenoxy) is 2. The van der Waals surface area contributed by atoms with Gasteiger partial charge in [-0.25, -0.2) is 0 Å². The van der Waals surface area contributed by atoms with Gasteiger partial charge in [-0.05, 0) is 80.9 Å². The first kappa shape index (κ1) is 23.1. The normalized spacial score (nSPS) is 22.3. The SMILES string of the molecule is COc1ccc(Cl)cc1-n1c(C)cc([C@@H]2[C@@H](c3ccccn3)NC(=S)N2C[C@H]2CCCO2)c1C. The maximum atomic E-state index is 6.38. The van der Waals surface area contributed by atoms with E-state index in [1.54, 1.807) is 7.11 Å². The standard InChI is InChI=1S/C26H29ClN4O2S/c1-16-13-20(17(2)31(16)22-14-18(27)9-10-23(22)32-3)25-24(21-8-4-5-11-28-21)29-26(34)30(25)15-19-7-6-12-33-19/h4-5,8-11,13-14,19,24-25H,6-7,12,15H2,1-3H3,(H,29,34)/t19-,24-,25-/m1/s1. The van der Waals surface area contributed by atoms with E-state index >= 15 is 0 Å². The molecule has 0 bridgehead atoms. The minimum absolute atomic E-state index is 0.0169. The highest BCUT2D eigenvalue weighted by atomic mass is 35.5. The minimum atomic E-state index is -0.0645. The summed E-state index contributed by atoms with van der Waals surface area (Å²) in [6, 6.07) is 13.9. The van der Waals surface area contributed by atoms with Crippen molar-refractivity contribution in [1.29, 1.82) is 0 Å². The number of hydrogen-bond donors (Lipinski definition) is 1. The van der Waals surface area contributed by atoms with E-state index in [9.17, 15) is 0 Å². The molecule has 178 valence electrons. The molecule has 0 spiro atoms. The van der Waals surface area contributed by atoms with E-state index in [1.807, 2.05) is 36.5 Å². The molecule has 5 rings (SSSR count). The summed E-state index contributed by atoms with van der Waals surface area (Å²) in [6.45, 7) is 5.82. The fourth-order valence-electron chi connectivity index (χ4n) is 5.24. The molecule has 2 aromatic heterocycles. The van der Waals surface area contributed by atoms with Crippen molar-refractivity contribution in [2.45, 2.75) is 44.9 Å². The van der Waals surface area contributed by atoms with Gasteiger partial charge in [0.15, 0.2) is 5.11 Å². The van der Waals surface area contributed by atoms with E-state index in [0.717, 1.165) is 59.6 Å². The number of aromatic nitrogens is 2. The van der Waals surface area contributed by atoms with Crippen molar-refractivity contribution in [3.8, 4) is 11.4 Å². The van der Waals surface area contributed by atoms with Crippen LogP contribution in [-0.4, -0.2) is 45.9 Å². The quantitative estimate of drug-likeness (QED) is 0.467. The molecule has 6 nitrogen and oxygen atoms in total. The third-order valence-corrected chi connectivity index (χ3v) is 7.38. The third-order valence-electron chi connectivity index (χ3n) is 6.79. The van der Waals surface area contributed by atoms with Gasteiger partial charge in [0.1, 0.15) is 5.75 Å². The van der Waals surface area contributed by atoms with E-state index in [4.69, 9.17) is 33.3 Å². The molecule has 0 unspecified atom stereocenters. The average molecular weight is 497 g/mol. The number of pyridine rings is 1. The van der Waals surface area contributed by atoms with Gasteiger partial charge in [0, 0.05) is 35.8 Å². The van der Waals surface area contributed by atoms with Crippen LogP contribution in [0.2, 0.25) is 5.02 Å². The van der Waals surface area contributed by atoms with Crippen LogP contribution in [0.1, 0.15) is 47.6 Å². The Labute approximate surface area is 210 Å². The zero-order valence-electron chi connectivity index (χ0n) is 19.6. The molecule has 4 heterocycles. The van der Waals surface area contributed by atoms with Gasteiger partial charge >= 0.3 is 0 Å². The van der Waals surface area contributed by atoms with E-state index in [-0.39, 0.29) is 18.2 Å². The largest absolute Gasteiger partial charge is 0.495 e. The highest BCUT2D eigenvalue weighted by molar-refractivity contribution is 7.80. The first-order valence-corrected chi connectivity index (χ1v) is 12.4. The molecule has 1 N–H and O–H groups in total. The van der Waals surface area contributed by atoms with Crippen molar-refractivity contribution in [1.82, 2.24) is 19.8 Å². The van der Waals surface area contributed by atoms with Gasteiger partial charge in [-0.2, -0.15) is 0 Å². The molecule has 0 amide bonds. The van der Waals surface area contributed by atoms with Gasteiger partial charge in [0.05, 0.1) is 36.7 Å². The number of halogens is 1. The molecule has 0 radical (unpaired) electrons. The maximum Gasteiger partial charge on any atom is 0.170 e. The van der Waals surface area contributed by atoms with Crippen LogP contribution >= 0.6 is 23.8 Å². The second kappa shape index (κ2) is 9.56. The second-order valence-electron chi connectivity index (χ2n) is 8.89. The third kappa shape index (κ3) is 4.17.